The Morgan fingerprint density at radius 2 is 1.93 bits per heavy atom. The average molecular weight is 405 g/mol. The molecule has 4 rings (SSSR count). The van der Waals surface area contributed by atoms with E-state index in [1.54, 1.807) is 36.4 Å². The molecule has 2 atom stereocenters. The van der Waals surface area contributed by atoms with Crippen LogP contribution in [0.2, 0.25) is 10.0 Å². The second-order valence-electron chi connectivity index (χ2n) is 6.31. The van der Waals surface area contributed by atoms with Crippen LogP contribution in [0.25, 0.3) is 0 Å². The number of nitrogens with one attached hydrogen (secondary N) is 1. The van der Waals surface area contributed by atoms with E-state index in [1.165, 1.54) is 11.0 Å². The fourth-order valence-corrected chi connectivity index (χ4v) is 3.73. The van der Waals surface area contributed by atoms with E-state index in [0.29, 0.717) is 33.3 Å². The summed E-state index contributed by atoms with van der Waals surface area (Å²) in [7, 11) is 0. The minimum absolute atomic E-state index is 0.192. The van der Waals surface area contributed by atoms with Crippen molar-refractivity contribution in [3.63, 3.8) is 0 Å². The third-order valence-corrected chi connectivity index (χ3v) is 5.23. The molecule has 1 fully saturated rings. The topological polar surface area (TPSA) is 75.7 Å². The Balaban J connectivity index is 1.62. The van der Waals surface area contributed by atoms with Crippen molar-refractivity contribution in [2.75, 3.05) is 5.32 Å². The van der Waals surface area contributed by atoms with Gasteiger partial charge in [0.05, 0.1) is 16.3 Å². The molecule has 27 heavy (non-hydrogen) atoms. The number of hydrogen-bond donors (Lipinski definition) is 1. The zero-order valence-electron chi connectivity index (χ0n) is 13.9. The maximum Gasteiger partial charge on any atom is 0.340 e. The molecule has 0 radical (unpaired) electrons. The van der Waals surface area contributed by atoms with Crippen molar-refractivity contribution in [3.8, 4) is 0 Å². The highest BCUT2D eigenvalue weighted by Gasteiger charge is 2.46. The summed E-state index contributed by atoms with van der Waals surface area (Å²) in [6, 6.07) is 10.8. The lowest BCUT2D eigenvalue weighted by molar-refractivity contribution is -0.144. The van der Waals surface area contributed by atoms with Gasteiger partial charge in [0.25, 0.3) is 0 Å². The van der Waals surface area contributed by atoms with Gasteiger partial charge in [-0.25, -0.2) is 4.79 Å². The van der Waals surface area contributed by atoms with Gasteiger partial charge in [0.2, 0.25) is 18.0 Å². The van der Waals surface area contributed by atoms with Gasteiger partial charge in [-0.1, -0.05) is 41.4 Å². The number of fused-ring (bicyclic) bond motifs is 1. The number of halogens is 2. The van der Waals surface area contributed by atoms with E-state index < -0.39 is 24.1 Å². The maximum atomic E-state index is 12.8. The van der Waals surface area contributed by atoms with Crippen molar-refractivity contribution in [1.29, 1.82) is 0 Å². The number of ether oxygens (including phenoxy) is 1. The molecule has 0 aliphatic carbocycles. The minimum Gasteiger partial charge on any atom is -0.433 e. The van der Waals surface area contributed by atoms with E-state index >= 15 is 0 Å². The summed E-state index contributed by atoms with van der Waals surface area (Å²) in [6.45, 7) is 0. The molecule has 0 saturated carbocycles. The molecule has 0 spiro atoms. The molecule has 1 saturated heterocycles. The third-order valence-electron chi connectivity index (χ3n) is 4.66. The molecule has 1 N–H and O–H groups in total. The molecule has 2 heterocycles. The highest BCUT2D eigenvalue weighted by molar-refractivity contribution is 6.35. The number of hydrogen-bond acceptors (Lipinski definition) is 4. The Kier molecular flexibility index (Phi) is 4.53. The first-order chi connectivity index (χ1) is 13.0. The second kappa shape index (κ2) is 6.87. The largest absolute Gasteiger partial charge is 0.433 e. The molecule has 8 heteroatoms. The van der Waals surface area contributed by atoms with Crippen LogP contribution in [0.3, 0.4) is 0 Å². The fraction of sp³-hybridized carbons (Fsp3) is 0.211. The van der Waals surface area contributed by atoms with Crippen molar-refractivity contribution >= 4 is 46.7 Å². The molecule has 2 unspecified atom stereocenters. The lowest BCUT2D eigenvalue weighted by atomic mass is 10.1. The molecule has 2 aromatic rings. The normalized spacial score (nSPS) is 21.2. The van der Waals surface area contributed by atoms with Crippen molar-refractivity contribution in [2.24, 2.45) is 0 Å². The van der Waals surface area contributed by atoms with Gasteiger partial charge in [0.1, 0.15) is 6.04 Å². The number of esters is 1. The third kappa shape index (κ3) is 3.15. The average Bonchev–Trinajstić information content (AvgIpc) is 3.18. The van der Waals surface area contributed by atoms with E-state index in [1.807, 2.05) is 0 Å². The Morgan fingerprint density at radius 3 is 2.74 bits per heavy atom. The van der Waals surface area contributed by atoms with E-state index in [2.05, 4.69) is 5.32 Å². The molecule has 2 aliphatic rings. The summed E-state index contributed by atoms with van der Waals surface area (Å²) < 4.78 is 5.40. The maximum absolute atomic E-state index is 12.8. The van der Waals surface area contributed by atoms with Crippen LogP contribution in [0.4, 0.5) is 5.69 Å². The number of rotatable bonds is 3. The van der Waals surface area contributed by atoms with Crippen LogP contribution < -0.4 is 5.32 Å². The number of carbonyl (C=O) groups excluding carboxylic acids is 3. The van der Waals surface area contributed by atoms with E-state index in [9.17, 15) is 14.4 Å². The summed E-state index contributed by atoms with van der Waals surface area (Å²) >= 11 is 12.1. The van der Waals surface area contributed by atoms with Gasteiger partial charge in [0, 0.05) is 17.0 Å². The van der Waals surface area contributed by atoms with Crippen LogP contribution >= 0.6 is 23.2 Å². The number of benzene rings is 2. The van der Waals surface area contributed by atoms with Gasteiger partial charge in [-0.15, -0.1) is 0 Å². The van der Waals surface area contributed by atoms with Crippen molar-refractivity contribution in [2.45, 2.75) is 25.1 Å². The van der Waals surface area contributed by atoms with Crippen LogP contribution in [0, 0.1) is 0 Å². The van der Waals surface area contributed by atoms with Crippen molar-refractivity contribution < 1.29 is 19.1 Å². The molecular formula is C19H14Cl2N2O4. The summed E-state index contributed by atoms with van der Waals surface area (Å²) in [5.74, 6) is -1.17. The van der Waals surface area contributed by atoms with E-state index in [4.69, 9.17) is 27.9 Å². The van der Waals surface area contributed by atoms with Gasteiger partial charge in [-0.3, -0.25) is 14.5 Å². The van der Waals surface area contributed by atoms with Crippen LogP contribution in [0.5, 0.6) is 0 Å². The second-order valence-corrected chi connectivity index (χ2v) is 7.16. The zero-order chi connectivity index (χ0) is 19.1. The summed E-state index contributed by atoms with van der Waals surface area (Å²) in [6.07, 6.45) is -0.398. The number of anilines is 1. The molecule has 0 bridgehead atoms. The van der Waals surface area contributed by atoms with Gasteiger partial charge in [-0.05, 0) is 30.7 Å². The molecule has 2 amide bonds. The number of likely N-dealkylation sites (tertiary alicyclic amines) is 1. The molecular weight excluding hydrogens is 391 g/mol. The van der Waals surface area contributed by atoms with Gasteiger partial charge < -0.3 is 10.1 Å². The predicted molar refractivity (Wildman–Crippen MR) is 99.6 cm³/mol. The van der Waals surface area contributed by atoms with Crippen LogP contribution in [-0.4, -0.2) is 28.7 Å². The smallest absolute Gasteiger partial charge is 0.340 e. The first-order valence-corrected chi connectivity index (χ1v) is 9.08. The Bertz CT molecular complexity index is 962. The quantitative estimate of drug-likeness (QED) is 0.789. The Hall–Kier alpha value is -2.57. The van der Waals surface area contributed by atoms with Crippen molar-refractivity contribution in [3.05, 3.63) is 63.6 Å². The van der Waals surface area contributed by atoms with Gasteiger partial charge >= 0.3 is 5.97 Å². The summed E-state index contributed by atoms with van der Waals surface area (Å²) in [5, 5.41) is 3.47. The lowest BCUT2D eigenvalue weighted by Gasteiger charge is -2.29. The number of nitrogens with zero attached hydrogens (tertiary/aromatic N) is 1. The standard InChI is InChI=1S/C19H14Cl2N2O4/c20-10-5-6-13(21)14(9-10)22-17(25)15-7-8-16(24)23(15)18-11-3-1-2-4-12(11)19(26)27-18/h1-6,9,15,18H,7-8H2,(H,22,25). The molecule has 0 aromatic heterocycles. The SMILES string of the molecule is O=C1OC(N2C(=O)CCC2C(=O)Nc2cc(Cl)ccc2Cl)c2ccccc21. The highest BCUT2D eigenvalue weighted by atomic mass is 35.5. The van der Waals surface area contributed by atoms with Gasteiger partial charge in [0.15, 0.2) is 0 Å². The highest BCUT2D eigenvalue weighted by Crippen LogP contribution is 2.38. The number of carbonyl (C=O) groups is 3. The van der Waals surface area contributed by atoms with Crippen LogP contribution in [0.1, 0.15) is 35.0 Å². The lowest BCUT2D eigenvalue weighted by Crippen LogP contribution is -2.43. The molecule has 2 aliphatic heterocycles. The minimum atomic E-state index is -0.908. The summed E-state index contributed by atoms with van der Waals surface area (Å²) in [5.41, 5.74) is 1.34. The predicted octanol–water partition coefficient (Wildman–Crippen LogP) is 3.79. The zero-order valence-corrected chi connectivity index (χ0v) is 15.5. The molecule has 2 aromatic carbocycles. The van der Waals surface area contributed by atoms with Crippen LogP contribution in [-0.2, 0) is 14.3 Å². The van der Waals surface area contributed by atoms with Gasteiger partial charge in [-0.2, -0.15) is 0 Å². The summed E-state index contributed by atoms with van der Waals surface area (Å²) in [4.78, 5) is 38.7. The Morgan fingerprint density at radius 1 is 1.15 bits per heavy atom. The van der Waals surface area contributed by atoms with Crippen molar-refractivity contribution in [1.82, 2.24) is 4.90 Å². The Labute approximate surface area is 165 Å². The first-order valence-electron chi connectivity index (χ1n) is 8.32. The monoisotopic (exact) mass is 404 g/mol. The van der Waals surface area contributed by atoms with Crippen LogP contribution in [0.15, 0.2) is 42.5 Å². The molecule has 138 valence electrons. The van der Waals surface area contributed by atoms with E-state index in [-0.39, 0.29) is 12.3 Å². The number of cyclic esters (lactones) is 1. The fourth-order valence-electron chi connectivity index (χ4n) is 3.40. The molecule has 6 nitrogen and oxygen atoms in total. The van der Waals surface area contributed by atoms with E-state index in [0.717, 1.165) is 0 Å². The number of amides is 2. The first kappa shape index (κ1) is 17.8.